The molecule has 1 amide bonds. The molecule has 0 bridgehead atoms. The predicted molar refractivity (Wildman–Crippen MR) is 91.8 cm³/mol. The molecule has 3 nitrogen and oxygen atoms in total. The Labute approximate surface area is 135 Å². The Kier molecular flexibility index (Phi) is 6.91. The highest BCUT2D eigenvalue weighted by atomic mass is 16.1. The standard InChI is InChI=1S/C19H30N2O/c1-16(10-11-17-7-4-3-5-8-17)13-19(22)20-14-18-9-6-12-21(2)15-18/h3-5,7-8,16,18H,6,9-15H2,1-2H3,(H,20,22)/t16-,18-/m0/s1. The number of carbonyl (C=O) groups is 1. The van der Waals surface area contributed by atoms with Gasteiger partial charge in [0.05, 0.1) is 0 Å². The summed E-state index contributed by atoms with van der Waals surface area (Å²) in [5.41, 5.74) is 1.36. The first-order valence-electron chi connectivity index (χ1n) is 8.62. The lowest BCUT2D eigenvalue weighted by molar-refractivity contribution is -0.122. The summed E-state index contributed by atoms with van der Waals surface area (Å²) in [6.45, 7) is 5.33. The van der Waals surface area contributed by atoms with Gasteiger partial charge in [-0.15, -0.1) is 0 Å². The molecule has 0 aliphatic carbocycles. The molecule has 1 aliphatic heterocycles. The van der Waals surface area contributed by atoms with Crippen LogP contribution in [0.5, 0.6) is 0 Å². The smallest absolute Gasteiger partial charge is 0.220 e. The zero-order valence-electron chi connectivity index (χ0n) is 14.1. The summed E-state index contributed by atoms with van der Waals surface area (Å²) in [5.74, 6) is 1.28. The summed E-state index contributed by atoms with van der Waals surface area (Å²) in [4.78, 5) is 14.4. The van der Waals surface area contributed by atoms with Gasteiger partial charge in [-0.2, -0.15) is 0 Å². The zero-order chi connectivity index (χ0) is 15.8. The normalized spacial score (nSPS) is 20.5. The fraction of sp³-hybridized carbons (Fsp3) is 0.632. The average molecular weight is 302 g/mol. The first-order valence-corrected chi connectivity index (χ1v) is 8.62. The summed E-state index contributed by atoms with van der Waals surface area (Å²) < 4.78 is 0. The van der Waals surface area contributed by atoms with E-state index in [0.29, 0.717) is 18.3 Å². The van der Waals surface area contributed by atoms with Crippen LogP contribution in [0.3, 0.4) is 0 Å². The Morgan fingerprint density at radius 1 is 1.36 bits per heavy atom. The van der Waals surface area contributed by atoms with Crippen molar-refractivity contribution in [2.24, 2.45) is 11.8 Å². The molecule has 2 rings (SSSR count). The topological polar surface area (TPSA) is 32.3 Å². The Hall–Kier alpha value is -1.35. The number of piperidine rings is 1. The molecule has 0 aromatic heterocycles. The van der Waals surface area contributed by atoms with Crippen LogP contribution >= 0.6 is 0 Å². The third kappa shape index (κ3) is 6.18. The van der Waals surface area contributed by atoms with Crippen molar-refractivity contribution in [1.82, 2.24) is 10.2 Å². The maximum atomic E-state index is 12.1. The van der Waals surface area contributed by atoms with E-state index in [1.807, 2.05) is 6.07 Å². The molecule has 0 unspecified atom stereocenters. The average Bonchev–Trinajstić information content (AvgIpc) is 2.52. The van der Waals surface area contributed by atoms with Gasteiger partial charge in [0.1, 0.15) is 0 Å². The lowest BCUT2D eigenvalue weighted by Crippen LogP contribution is -2.39. The van der Waals surface area contributed by atoms with Gasteiger partial charge in [-0.25, -0.2) is 0 Å². The van der Waals surface area contributed by atoms with Gasteiger partial charge in [-0.05, 0) is 56.7 Å². The highest BCUT2D eigenvalue weighted by Crippen LogP contribution is 2.15. The lowest BCUT2D eigenvalue weighted by Gasteiger charge is -2.29. The molecule has 3 heteroatoms. The third-order valence-corrected chi connectivity index (χ3v) is 4.61. The summed E-state index contributed by atoms with van der Waals surface area (Å²) in [7, 11) is 2.17. The number of hydrogen-bond donors (Lipinski definition) is 1. The summed E-state index contributed by atoms with van der Waals surface area (Å²) in [6, 6.07) is 10.5. The maximum absolute atomic E-state index is 12.1. The minimum absolute atomic E-state index is 0.216. The van der Waals surface area contributed by atoms with Crippen molar-refractivity contribution in [3.8, 4) is 0 Å². The summed E-state index contributed by atoms with van der Waals surface area (Å²) in [5, 5.41) is 3.14. The van der Waals surface area contributed by atoms with E-state index in [-0.39, 0.29) is 5.91 Å². The Bertz CT molecular complexity index is 446. The molecule has 1 heterocycles. The van der Waals surface area contributed by atoms with Crippen LogP contribution in [-0.2, 0) is 11.2 Å². The fourth-order valence-corrected chi connectivity index (χ4v) is 3.25. The number of likely N-dealkylation sites (tertiary alicyclic amines) is 1. The molecule has 122 valence electrons. The van der Waals surface area contributed by atoms with E-state index < -0.39 is 0 Å². The van der Waals surface area contributed by atoms with Crippen molar-refractivity contribution in [1.29, 1.82) is 0 Å². The van der Waals surface area contributed by atoms with Gasteiger partial charge >= 0.3 is 0 Å². The molecule has 1 aliphatic rings. The van der Waals surface area contributed by atoms with E-state index in [4.69, 9.17) is 0 Å². The number of benzene rings is 1. The molecule has 1 fully saturated rings. The second kappa shape index (κ2) is 8.94. The monoisotopic (exact) mass is 302 g/mol. The van der Waals surface area contributed by atoms with Gasteiger partial charge in [-0.1, -0.05) is 37.3 Å². The number of aryl methyl sites for hydroxylation is 1. The van der Waals surface area contributed by atoms with Crippen LogP contribution in [0.15, 0.2) is 30.3 Å². The Balaban J connectivity index is 1.61. The Morgan fingerprint density at radius 2 is 2.14 bits per heavy atom. The van der Waals surface area contributed by atoms with Crippen molar-refractivity contribution in [2.45, 2.75) is 39.0 Å². The number of nitrogens with zero attached hydrogens (tertiary/aromatic N) is 1. The van der Waals surface area contributed by atoms with Gasteiger partial charge in [0.25, 0.3) is 0 Å². The molecule has 1 aromatic rings. The molecule has 0 spiro atoms. The molecular weight excluding hydrogens is 272 g/mol. The van der Waals surface area contributed by atoms with Crippen LogP contribution in [-0.4, -0.2) is 37.5 Å². The SMILES string of the molecule is C[C@@H](CCc1ccccc1)CC(=O)NC[C@@H]1CCCN(C)C1. The first-order chi connectivity index (χ1) is 10.6. The molecule has 1 aromatic carbocycles. The number of hydrogen-bond acceptors (Lipinski definition) is 2. The van der Waals surface area contributed by atoms with E-state index >= 15 is 0 Å². The molecular formula is C19H30N2O. The van der Waals surface area contributed by atoms with Crippen LogP contribution in [0.25, 0.3) is 0 Å². The Morgan fingerprint density at radius 3 is 2.86 bits per heavy atom. The van der Waals surface area contributed by atoms with E-state index in [1.54, 1.807) is 0 Å². The van der Waals surface area contributed by atoms with Gasteiger partial charge in [0, 0.05) is 19.5 Å². The highest BCUT2D eigenvalue weighted by Gasteiger charge is 2.18. The largest absolute Gasteiger partial charge is 0.356 e. The summed E-state index contributed by atoms with van der Waals surface area (Å²) in [6.07, 6.45) is 5.28. The number of rotatable bonds is 7. The van der Waals surface area contributed by atoms with Crippen LogP contribution in [0.4, 0.5) is 0 Å². The van der Waals surface area contributed by atoms with Crippen molar-refractivity contribution in [3.63, 3.8) is 0 Å². The minimum atomic E-state index is 0.216. The number of nitrogens with one attached hydrogen (secondary N) is 1. The van der Waals surface area contributed by atoms with Gasteiger partial charge in [0.2, 0.25) is 5.91 Å². The van der Waals surface area contributed by atoms with Crippen LogP contribution < -0.4 is 5.32 Å². The summed E-state index contributed by atoms with van der Waals surface area (Å²) >= 11 is 0. The third-order valence-electron chi connectivity index (χ3n) is 4.61. The van der Waals surface area contributed by atoms with Gasteiger partial charge < -0.3 is 10.2 Å². The van der Waals surface area contributed by atoms with E-state index in [2.05, 4.69) is 48.5 Å². The van der Waals surface area contributed by atoms with E-state index in [0.717, 1.165) is 25.9 Å². The second-order valence-corrected chi connectivity index (χ2v) is 6.91. The van der Waals surface area contributed by atoms with Crippen LogP contribution in [0.2, 0.25) is 0 Å². The first kappa shape index (κ1) is 17.0. The minimum Gasteiger partial charge on any atom is -0.356 e. The zero-order valence-corrected chi connectivity index (χ0v) is 14.1. The predicted octanol–water partition coefficient (Wildman–Crippen LogP) is 3.10. The van der Waals surface area contributed by atoms with Gasteiger partial charge in [-0.3, -0.25) is 4.79 Å². The molecule has 22 heavy (non-hydrogen) atoms. The number of amides is 1. The molecule has 1 saturated heterocycles. The van der Waals surface area contributed by atoms with Crippen molar-refractivity contribution >= 4 is 5.91 Å². The quantitative estimate of drug-likeness (QED) is 0.839. The van der Waals surface area contributed by atoms with Crippen LogP contribution in [0.1, 0.15) is 38.2 Å². The molecule has 1 N–H and O–H groups in total. The van der Waals surface area contributed by atoms with Crippen molar-refractivity contribution in [2.75, 3.05) is 26.7 Å². The van der Waals surface area contributed by atoms with Crippen molar-refractivity contribution < 1.29 is 4.79 Å². The number of carbonyl (C=O) groups excluding carboxylic acids is 1. The molecule has 2 atom stereocenters. The highest BCUT2D eigenvalue weighted by molar-refractivity contribution is 5.76. The van der Waals surface area contributed by atoms with E-state index in [1.165, 1.54) is 24.9 Å². The second-order valence-electron chi connectivity index (χ2n) is 6.91. The van der Waals surface area contributed by atoms with Crippen molar-refractivity contribution in [3.05, 3.63) is 35.9 Å². The van der Waals surface area contributed by atoms with Crippen LogP contribution in [0, 0.1) is 11.8 Å². The van der Waals surface area contributed by atoms with Gasteiger partial charge in [0.15, 0.2) is 0 Å². The maximum Gasteiger partial charge on any atom is 0.220 e. The van der Waals surface area contributed by atoms with E-state index in [9.17, 15) is 4.79 Å². The molecule has 0 radical (unpaired) electrons. The fourth-order valence-electron chi connectivity index (χ4n) is 3.25. The molecule has 0 saturated carbocycles. The lowest BCUT2D eigenvalue weighted by atomic mass is 9.97.